The molecule has 2 aromatic rings. The summed E-state index contributed by atoms with van der Waals surface area (Å²) < 4.78 is 56.9. The summed E-state index contributed by atoms with van der Waals surface area (Å²) in [5.41, 5.74) is -1.02. The Morgan fingerprint density at radius 3 is 2.67 bits per heavy atom. The number of alkyl halides is 3. The predicted molar refractivity (Wildman–Crippen MR) is 78.2 cm³/mol. The maximum Gasteiger partial charge on any atom is 0.416 e. The standard InChI is InChI=1S/C16H16F4N2O2/c17-12-4-9(3-11(7-12)16(18,19)20)5-13-6-10(1-2-21-13)14-8-15(23)22-24-14/h3-4,7-8,10,13,21H,1-2,5-6H2,(H,22,23)/t10-,13+/m1/s1. The normalized spacial score (nSPS) is 21.8. The summed E-state index contributed by atoms with van der Waals surface area (Å²) in [5, 5.41) is 5.45. The SMILES string of the molecule is O=c1cc([C@@H]2CCN[C@@H](Cc3cc(F)cc(C(F)(F)F)c3)C2)o[nH]1. The summed E-state index contributed by atoms with van der Waals surface area (Å²) in [5.74, 6) is -0.351. The average Bonchev–Trinajstić information content (AvgIpc) is 2.93. The van der Waals surface area contributed by atoms with E-state index in [1.807, 2.05) is 0 Å². The molecule has 24 heavy (non-hydrogen) atoms. The van der Waals surface area contributed by atoms with E-state index in [2.05, 4.69) is 10.5 Å². The van der Waals surface area contributed by atoms with E-state index < -0.39 is 17.6 Å². The Kier molecular flexibility index (Phi) is 4.49. The van der Waals surface area contributed by atoms with Gasteiger partial charge in [0.25, 0.3) is 5.56 Å². The maximum absolute atomic E-state index is 13.5. The van der Waals surface area contributed by atoms with Gasteiger partial charge in [-0.1, -0.05) is 0 Å². The quantitative estimate of drug-likeness (QED) is 0.841. The molecule has 1 aromatic heterocycles. The summed E-state index contributed by atoms with van der Waals surface area (Å²) in [6, 6.07) is 3.86. The molecule has 8 heteroatoms. The molecule has 3 rings (SSSR count). The second-order valence-electron chi connectivity index (χ2n) is 6.04. The van der Waals surface area contributed by atoms with Crippen LogP contribution in [-0.2, 0) is 12.6 Å². The van der Waals surface area contributed by atoms with Gasteiger partial charge >= 0.3 is 6.18 Å². The minimum absolute atomic E-state index is 0.00541. The highest BCUT2D eigenvalue weighted by molar-refractivity contribution is 5.27. The number of rotatable bonds is 3. The van der Waals surface area contributed by atoms with Crippen LogP contribution < -0.4 is 10.9 Å². The number of benzene rings is 1. The predicted octanol–water partition coefficient (Wildman–Crippen LogP) is 3.20. The highest BCUT2D eigenvalue weighted by Crippen LogP contribution is 2.32. The largest absolute Gasteiger partial charge is 0.416 e. The van der Waals surface area contributed by atoms with Crippen LogP contribution in [0.15, 0.2) is 33.6 Å². The van der Waals surface area contributed by atoms with Crippen LogP contribution in [0.5, 0.6) is 0 Å². The molecular weight excluding hydrogens is 328 g/mol. The first-order valence-corrected chi connectivity index (χ1v) is 7.60. The average molecular weight is 344 g/mol. The van der Waals surface area contributed by atoms with Crippen LogP contribution in [0.4, 0.5) is 17.6 Å². The third-order valence-corrected chi connectivity index (χ3v) is 4.21. The smallest absolute Gasteiger partial charge is 0.383 e. The number of halogens is 4. The van der Waals surface area contributed by atoms with Gasteiger partial charge in [-0.05, 0) is 49.6 Å². The Morgan fingerprint density at radius 2 is 2.00 bits per heavy atom. The van der Waals surface area contributed by atoms with Gasteiger partial charge in [0.2, 0.25) is 0 Å². The van der Waals surface area contributed by atoms with Gasteiger partial charge in [0.05, 0.1) is 5.56 Å². The molecule has 1 fully saturated rings. The van der Waals surface area contributed by atoms with Crippen molar-refractivity contribution in [1.82, 2.24) is 10.5 Å². The van der Waals surface area contributed by atoms with Crippen molar-refractivity contribution in [2.24, 2.45) is 0 Å². The van der Waals surface area contributed by atoms with Gasteiger partial charge in [0.15, 0.2) is 0 Å². The Balaban J connectivity index is 1.74. The molecule has 2 N–H and O–H groups in total. The van der Waals surface area contributed by atoms with Gasteiger partial charge in [0, 0.05) is 18.0 Å². The van der Waals surface area contributed by atoms with Gasteiger partial charge in [-0.25, -0.2) is 4.39 Å². The molecular formula is C16H16F4N2O2. The van der Waals surface area contributed by atoms with E-state index in [0.717, 1.165) is 18.6 Å². The summed E-state index contributed by atoms with van der Waals surface area (Å²) in [7, 11) is 0. The zero-order valence-electron chi connectivity index (χ0n) is 12.6. The van der Waals surface area contributed by atoms with Crippen LogP contribution in [0.2, 0.25) is 0 Å². The van der Waals surface area contributed by atoms with Gasteiger partial charge in [-0.3, -0.25) is 4.79 Å². The van der Waals surface area contributed by atoms with E-state index in [9.17, 15) is 22.4 Å². The fourth-order valence-electron chi connectivity index (χ4n) is 3.14. The molecule has 1 saturated heterocycles. The van der Waals surface area contributed by atoms with E-state index in [1.54, 1.807) is 0 Å². The molecule has 2 atom stereocenters. The van der Waals surface area contributed by atoms with Gasteiger partial charge in [-0.15, -0.1) is 0 Å². The molecule has 1 aliphatic heterocycles. The maximum atomic E-state index is 13.5. The van der Waals surface area contributed by atoms with Gasteiger partial charge < -0.3 is 9.84 Å². The van der Waals surface area contributed by atoms with Crippen molar-refractivity contribution in [1.29, 1.82) is 0 Å². The van der Waals surface area contributed by atoms with Crippen LogP contribution in [0, 0.1) is 5.82 Å². The summed E-state index contributed by atoms with van der Waals surface area (Å²) in [6.07, 6.45) is -2.95. The van der Waals surface area contributed by atoms with Gasteiger partial charge in [-0.2, -0.15) is 18.3 Å². The van der Waals surface area contributed by atoms with Crippen LogP contribution in [0.1, 0.15) is 35.6 Å². The van der Waals surface area contributed by atoms with Crippen molar-refractivity contribution in [3.05, 3.63) is 57.3 Å². The third kappa shape index (κ3) is 3.87. The fourth-order valence-corrected chi connectivity index (χ4v) is 3.14. The number of hydrogen-bond acceptors (Lipinski definition) is 3. The highest BCUT2D eigenvalue weighted by Gasteiger charge is 2.32. The molecule has 0 bridgehead atoms. The van der Waals surface area contributed by atoms with E-state index in [1.165, 1.54) is 6.07 Å². The first-order chi connectivity index (χ1) is 11.3. The molecule has 0 saturated carbocycles. The lowest BCUT2D eigenvalue weighted by Gasteiger charge is -2.29. The number of hydrogen-bond donors (Lipinski definition) is 2. The van der Waals surface area contributed by atoms with E-state index >= 15 is 0 Å². The molecule has 0 amide bonds. The topological polar surface area (TPSA) is 58.0 Å². The Morgan fingerprint density at radius 1 is 1.21 bits per heavy atom. The fraction of sp³-hybridized carbons (Fsp3) is 0.438. The summed E-state index contributed by atoms with van der Waals surface area (Å²) >= 11 is 0. The monoisotopic (exact) mass is 344 g/mol. The summed E-state index contributed by atoms with van der Waals surface area (Å²) in [4.78, 5) is 11.2. The van der Waals surface area contributed by atoms with Crippen LogP contribution in [0.3, 0.4) is 0 Å². The second kappa shape index (κ2) is 6.43. The first-order valence-electron chi connectivity index (χ1n) is 7.60. The lowest BCUT2D eigenvalue weighted by molar-refractivity contribution is -0.137. The lowest BCUT2D eigenvalue weighted by atomic mass is 9.87. The highest BCUT2D eigenvalue weighted by atomic mass is 19.4. The molecule has 1 aromatic carbocycles. The Labute approximate surface area is 134 Å². The van der Waals surface area contributed by atoms with Crippen molar-refractivity contribution in [3.8, 4) is 0 Å². The summed E-state index contributed by atoms with van der Waals surface area (Å²) in [6.45, 7) is 0.645. The van der Waals surface area contributed by atoms with Gasteiger partial charge in [0.1, 0.15) is 11.6 Å². The van der Waals surface area contributed by atoms with Crippen LogP contribution in [-0.4, -0.2) is 17.7 Å². The van der Waals surface area contributed by atoms with Crippen molar-refractivity contribution in [2.75, 3.05) is 6.54 Å². The van der Waals surface area contributed by atoms with Crippen molar-refractivity contribution >= 4 is 0 Å². The molecule has 0 spiro atoms. The molecule has 0 radical (unpaired) electrons. The number of piperidine rings is 1. The van der Waals surface area contributed by atoms with E-state index in [-0.39, 0.29) is 29.5 Å². The number of H-pyrrole nitrogens is 1. The first kappa shape index (κ1) is 16.8. The minimum Gasteiger partial charge on any atom is -0.383 e. The van der Waals surface area contributed by atoms with Crippen molar-refractivity contribution in [2.45, 2.75) is 37.4 Å². The molecule has 2 heterocycles. The van der Waals surface area contributed by atoms with Crippen molar-refractivity contribution < 1.29 is 22.1 Å². The lowest BCUT2D eigenvalue weighted by Crippen LogP contribution is -2.38. The Hall–Kier alpha value is -2.09. The van der Waals surface area contributed by atoms with E-state index in [0.29, 0.717) is 24.8 Å². The Bertz CT molecular complexity index is 766. The van der Waals surface area contributed by atoms with E-state index in [4.69, 9.17) is 4.52 Å². The molecule has 0 unspecified atom stereocenters. The number of nitrogens with one attached hydrogen (secondary N) is 2. The zero-order valence-corrected chi connectivity index (χ0v) is 12.6. The zero-order chi connectivity index (χ0) is 17.3. The second-order valence-corrected chi connectivity index (χ2v) is 6.04. The minimum atomic E-state index is -4.58. The van der Waals surface area contributed by atoms with Crippen LogP contribution >= 0.6 is 0 Å². The molecule has 0 aliphatic carbocycles. The molecule has 4 nitrogen and oxygen atoms in total. The molecule has 1 aliphatic rings. The molecule has 130 valence electrons. The van der Waals surface area contributed by atoms with Crippen molar-refractivity contribution in [3.63, 3.8) is 0 Å². The number of aromatic amines is 1. The third-order valence-electron chi connectivity index (χ3n) is 4.21. The van der Waals surface area contributed by atoms with Crippen LogP contribution in [0.25, 0.3) is 0 Å². The number of aromatic nitrogens is 1.